The summed E-state index contributed by atoms with van der Waals surface area (Å²) in [4.78, 5) is 12.3. The van der Waals surface area contributed by atoms with Gasteiger partial charge in [-0.25, -0.2) is 0 Å². The number of nitrogens with one attached hydrogen (secondary N) is 1. The van der Waals surface area contributed by atoms with Crippen LogP contribution in [0.25, 0.3) is 0 Å². The Bertz CT molecular complexity index is 709. The minimum Gasteiger partial charge on any atom is -0.349 e. The third-order valence-electron chi connectivity index (χ3n) is 4.53. The molecule has 22 heavy (non-hydrogen) atoms. The Kier molecular flexibility index (Phi) is 3.37. The van der Waals surface area contributed by atoms with E-state index in [1.165, 1.54) is 5.56 Å². The van der Waals surface area contributed by atoms with Crippen LogP contribution in [0.5, 0.6) is 0 Å². The number of aryl methyl sites for hydroxylation is 1. The van der Waals surface area contributed by atoms with Crippen molar-refractivity contribution < 1.29 is 4.79 Å². The fourth-order valence-corrected chi connectivity index (χ4v) is 3.33. The molecule has 5 nitrogen and oxygen atoms in total. The number of halogens is 1. The zero-order valence-electron chi connectivity index (χ0n) is 12.1. The molecule has 4 rings (SSSR count). The van der Waals surface area contributed by atoms with Gasteiger partial charge in [0.15, 0.2) is 5.82 Å². The van der Waals surface area contributed by atoms with Gasteiger partial charge in [-0.15, -0.1) is 10.2 Å². The molecule has 1 aliphatic carbocycles. The van der Waals surface area contributed by atoms with Crippen molar-refractivity contribution in [1.82, 2.24) is 20.1 Å². The van der Waals surface area contributed by atoms with E-state index in [1.807, 2.05) is 24.3 Å². The minimum atomic E-state index is 0.0714. The van der Waals surface area contributed by atoms with Crippen LogP contribution in [0, 0.1) is 5.92 Å². The average molecular weight is 317 g/mol. The third kappa shape index (κ3) is 2.50. The van der Waals surface area contributed by atoms with Crippen LogP contribution >= 0.6 is 11.6 Å². The van der Waals surface area contributed by atoms with Crippen molar-refractivity contribution in [3.8, 4) is 0 Å². The quantitative estimate of drug-likeness (QED) is 0.941. The van der Waals surface area contributed by atoms with Gasteiger partial charge in [0.2, 0.25) is 5.91 Å². The summed E-state index contributed by atoms with van der Waals surface area (Å²) in [6.45, 7) is 1.43. The van der Waals surface area contributed by atoms with Gasteiger partial charge in [-0.2, -0.15) is 0 Å². The summed E-state index contributed by atoms with van der Waals surface area (Å²) in [5.74, 6) is 2.40. The van der Waals surface area contributed by atoms with E-state index in [-0.39, 0.29) is 11.8 Å². The number of carbonyl (C=O) groups excluding carboxylic acids is 1. The van der Waals surface area contributed by atoms with Gasteiger partial charge >= 0.3 is 0 Å². The highest BCUT2D eigenvalue weighted by molar-refractivity contribution is 6.30. The summed E-state index contributed by atoms with van der Waals surface area (Å²) in [6, 6.07) is 7.77. The summed E-state index contributed by atoms with van der Waals surface area (Å²) in [5, 5.41) is 12.0. The normalized spacial score (nSPS) is 22.4. The fourth-order valence-electron chi connectivity index (χ4n) is 3.20. The van der Waals surface area contributed by atoms with Crippen LogP contribution in [0.2, 0.25) is 5.02 Å². The van der Waals surface area contributed by atoms with E-state index in [9.17, 15) is 4.79 Å². The first-order valence-corrected chi connectivity index (χ1v) is 8.04. The molecule has 1 aromatic carbocycles. The number of hydrogen-bond donors (Lipinski definition) is 1. The molecular weight excluding hydrogens is 300 g/mol. The number of rotatable bonds is 4. The number of amides is 1. The topological polar surface area (TPSA) is 59.8 Å². The van der Waals surface area contributed by atoms with Crippen LogP contribution in [0.3, 0.4) is 0 Å². The van der Waals surface area contributed by atoms with Crippen LogP contribution in [-0.2, 0) is 24.3 Å². The second-order valence-corrected chi connectivity index (χ2v) is 6.44. The molecule has 114 valence electrons. The van der Waals surface area contributed by atoms with Crippen LogP contribution in [0.1, 0.15) is 36.0 Å². The lowest BCUT2D eigenvalue weighted by atomic mass is 10.1. The second kappa shape index (κ2) is 5.39. The van der Waals surface area contributed by atoms with Crippen LogP contribution in [0.4, 0.5) is 0 Å². The highest BCUT2D eigenvalue weighted by Crippen LogP contribution is 2.47. The fraction of sp³-hybridized carbons (Fsp3) is 0.438. The molecule has 1 aliphatic heterocycles. The predicted molar refractivity (Wildman–Crippen MR) is 82.5 cm³/mol. The Morgan fingerprint density at radius 2 is 2.14 bits per heavy atom. The maximum absolute atomic E-state index is 12.3. The first-order chi connectivity index (χ1) is 10.7. The van der Waals surface area contributed by atoms with Gasteiger partial charge in [-0.3, -0.25) is 4.79 Å². The maximum atomic E-state index is 12.3. The van der Waals surface area contributed by atoms with E-state index < -0.39 is 0 Å². The lowest BCUT2D eigenvalue weighted by Crippen LogP contribution is -2.26. The molecular formula is C16H17ClN4O. The molecule has 1 fully saturated rings. The molecule has 0 saturated heterocycles. The van der Waals surface area contributed by atoms with Gasteiger partial charge < -0.3 is 9.88 Å². The molecule has 2 heterocycles. The van der Waals surface area contributed by atoms with E-state index in [4.69, 9.17) is 11.6 Å². The Morgan fingerprint density at radius 3 is 2.95 bits per heavy atom. The van der Waals surface area contributed by atoms with Gasteiger partial charge in [0, 0.05) is 23.9 Å². The Balaban J connectivity index is 1.35. The summed E-state index contributed by atoms with van der Waals surface area (Å²) in [5.41, 5.74) is 1.19. The standard InChI is InChI=1S/C16H17ClN4O/c17-11-5-3-10(4-6-11)12-8-13(12)16(22)18-9-15-20-19-14-2-1-7-21(14)15/h3-6,12-13H,1-2,7-9H2,(H,18,22). The Hall–Kier alpha value is -1.88. The smallest absolute Gasteiger partial charge is 0.224 e. The van der Waals surface area contributed by atoms with Crippen molar-refractivity contribution in [1.29, 1.82) is 0 Å². The van der Waals surface area contributed by atoms with Crippen molar-refractivity contribution in [2.24, 2.45) is 5.92 Å². The lowest BCUT2D eigenvalue weighted by Gasteiger charge is -2.06. The van der Waals surface area contributed by atoms with Crippen LogP contribution < -0.4 is 5.32 Å². The van der Waals surface area contributed by atoms with Gasteiger partial charge in [-0.1, -0.05) is 23.7 Å². The van der Waals surface area contributed by atoms with Crippen molar-refractivity contribution in [3.05, 3.63) is 46.5 Å². The third-order valence-corrected chi connectivity index (χ3v) is 4.78. The molecule has 1 aromatic heterocycles. The van der Waals surface area contributed by atoms with Crippen molar-refractivity contribution in [2.75, 3.05) is 0 Å². The lowest BCUT2D eigenvalue weighted by molar-refractivity contribution is -0.122. The Morgan fingerprint density at radius 1 is 1.32 bits per heavy atom. The zero-order valence-corrected chi connectivity index (χ0v) is 12.9. The van der Waals surface area contributed by atoms with E-state index in [0.29, 0.717) is 12.5 Å². The van der Waals surface area contributed by atoms with E-state index in [0.717, 1.165) is 42.5 Å². The first-order valence-electron chi connectivity index (χ1n) is 7.66. The second-order valence-electron chi connectivity index (χ2n) is 6.01. The predicted octanol–water partition coefficient (Wildman–Crippen LogP) is 2.30. The van der Waals surface area contributed by atoms with E-state index in [2.05, 4.69) is 20.1 Å². The highest BCUT2D eigenvalue weighted by Gasteiger charge is 2.43. The van der Waals surface area contributed by atoms with Crippen molar-refractivity contribution >= 4 is 17.5 Å². The molecule has 2 aliphatic rings. The molecule has 2 atom stereocenters. The van der Waals surface area contributed by atoms with Crippen LogP contribution in [-0.4, -0.2) is 20.7 Å². The van der Waals surface area contributed by atoms with Gasteiger partial charge in [0.1, 0.15) is 5.82 Å². The summed E-state index contributed by atoms with van der Waals surface area (Å²) in [7, 11) is 0. The van der Waals surface area contributed by atoms with E-state index in [1.54, 1.807) is 0 Å². The number of carbonyl (C=O) groups is 1. The van der Waals surface area contributed by atoms with Gasteiger partial charge in [0.05, 0.1) is 6.54 Å². The maximum Gasteiger partial charge on any atom is 0.224 e. The van der Waals surface area contributed by atoms with Crippen molar-refractivity contribution in [2.45, 2.75) is 38.3 Å². The molecule has 0 spiro atoms. The summed E-state index contributed by atoms with van der Waals surface area (Å²) in [6.07, 6.45) is 3.01. The van der Waals surface area contributed by atoms with Crippen molar-refractivity contribution in [3.63, 3.8) is 0 Å². The van der Waals surface area contributed by atoms with E-state index >= 15 is 0 Å². The zero-order chi connectivity index (χ0) is 15.1. The molecule has 1 N–H and O–H groups in total. The van der Waals surface area contributed by atoms with Gasteiger partial charge in [0.25, 0.3) is 0 Å². The Labute approximate surface area is 133 Å². The number of benzene rings is 1. The SMILES string of the molecule is O=C(NCc1nnc2n1CCC2)C1CC1c1ccc(Cl)cc1. The average Bonchev–Trinajstić information content (AvgIpc) is 3.01. The largest absolute Gasteiger partial charge is 0.349 e. The monoisotopic (exact) mass is 316 g/mol. The number of fused-ring (bicyclic) bond motifs is 1. The number of nitrogens with zero attached hydrogens (tertiary/aromatic N) is 3. The molecule has 1 amide bonds. The first kappa shape index (κ1) is 13.8. The van der Waals surface area contributed by atoms with Gasteiger partial charge in [-0.05, 0) is 36.5 Å². The number of hydrogen-bond acceptors (Lipinski definition) is 3. The highest BCUT2D eigenvalue weighted by atomic mass is 35.5. The molecule has 0 bridgehead atoms. The van der Waals surface area contributed by atoms with Crippen LogP contribution in [0.15, 0.2) is 24.3 Å². The molecule has 6 heteroatoms. The summed E-state index contributed by atoms with van der Waals surface area (Å²) < 4.78 is 2.11. The molecule has 0 radical (unpaired) electrons. The number of aromatic nitrogens is 3. The molecule has 2 aromatic rings. The molecule has 1 saturated carbocycles. The molecule has 2 unspecified atom stereocenters. The summed E-state index contributed by atoms with van der Waals surface area (Å²) >= 11 is 5.89. The minimum absolute atomic E-state index is 0.0714.